The molecule has 1 unspecified atom stereocenters. The van der Waals surface area contributed by atoms with Crippen molar-refractivity contribution >= 4 is 39.8 Å². The number of anilines is 1. The topological polar surface area (TPSA) is 85.3 Å². The fourth-order valence-electron chi connectivity index (χ4n) is 3.39. The second kappa shape index (κ2) is 7.93. The molecule has 0 bridgehead atoms. The normalized spacial score (nSPS) is 12.0. The summed E-state index contributed by atoms with van der Waals surface area (Å²) in [5, 5.41) is 5.81. The molecular weight excluding hydrogens is 384 g/mol. The summed E-state index contributed by atoms with van der Waals surface area (Å²) in [5.74, 6) is -0.367. The van der Waals surface area contributed by atoms with Crippen LogP contribution < -0.4 is 11.1 Å². The lowest BCUT2D eigenvalue weighted by Gasteiger charge is -2.14. The molecule has 2 aromatic carbocycles. The van der Waals surface area contributed by atoms with Crippen molar-refractivity contribution in [3.05, 3.63) is 76.5 Å². The number of carbonyl (C=O) groups excluding carboxylic acids is 2. The Bertz CT molecular complexity index is 1150. The van der Waals surface area contributed by atoms with Gasteiger partial charge in [0.1, 0.15) is 11.3 Å². The molecule has 2 aromatic heterocycles. The van der Waals surface area contributed by atoms with Gasteiger partial charge in [0, 0.05) is 21.5 Å². The Hall–Kier alpha value is -3.38. The highest BCUT2D eigenvalue weighted by atomic mass is 32.1. The summed E-state index contributed by atoms with van der Waals surface area (Å²) >= 11 is 1.56. The Morgan fingerprint density at radius 3 is 2.62 bits per heavy atom. The van der Waals surface area contributed by atoms with Gasteiger partial charge in [0.25, 0.3) is 0 Å². The van der Waals surface area contributed by atoms with Gasteiger partial charge in [-0.05, 0) is 48.2 Å². The molecule has 0 spiro atoms. The smallest absolute Gasteiger partial charge is 0.249 e. The number of nitrogens with two attached hydrogens (primary N) is 1. The summed E-state index contributed by atoms with van der Waals surface area (Å²) in [6, 6.07) is 18.5. The van der Waals surface area contributed by atoms with Crippen LogP contribution in [0.4, 0.5) is 5.69 Å². The maximum atomic E-state index is 12.8. The maximum absolute atomic E-state index is 12.8. The number of benzene rings is 2. The van der Waals surface area contributed by atoms with Gasteiger partial charge >= 0.3 is 0 Å². The number of hydrogen-bond acceptors (Lipinski definition) is 4. The van der Waals surface area contributed by atoms with Crippen molar-refractivity contribution in [3.63, 3.8) is 0 Å². The molecule has 0 saturated carbocycles. The number of thiophene rings is 1. The minimum absolute atomic E-state index is 0.109. The van der Waals surface area contributed by atoms with E-state index in [9.17, 15) is 9.59 Å². The van der Waals surface area contributed by atoms with Crippen LogP contribution in [0.1, 0.15) is 34.5 Å². The minimum Gasteiger partial charge on any atom is -0.456 e. The molecule has 6 heteroatoms. The lowest BCUT2D eigenvalue weighted by Crippen LogP contribution is -2.20. The first-order valence-corrected chi connectivity index (χ1v) is 10.2. The van der Waals surface area contributed by atoms with Crippen LogP contribution in [0.25, 0.3) is 22.3 Å². The average Bonchev–Trinajstić information content (AvgIpc) is 3.38. The fourth-order valence-corrected chi connectivity index (χ4v) is 4.30. The molecule has 5 nitrogen and oxygen atoms in total. The second-order valence-electron chi connectivity index (χ2n) is 6.74. The molecular formula is C23H20N2O3S. The van der Waals surface area contributed by atoms with E-state index in [1.165, 1.54) is 0 Å². The van der Waals surface area contributed by atoms with Gasteiger partial charge in [0.05, 0.1) is 11.5 Å². The molecule has 4 rings (SSSR count). The molecule has 2 heterocycles. The molecule has 146 valence electrons. The summed E-state index contributed by atoms with van der Waals surface area (Å²) in [5.41, 5.74) is 7.77. The number of para-hydroxylation sites is 1. The fraction of sp³-hybridized carbons (Fsp3) is 0.130. The zero-order chi connectivity index (χ0) is 20.4. The zero-order valence-electron chi connectivity index (χ0n) is 15.8. The number of carbonyl (C=O) groups is 2. The van der Waals surface area contributed by atoms with Crippen molar-refractivity contribution in [3.8, 4) is 11.3 Å². The van der Waals surface area contributed by atoms with Crippen LogP contribution in [-0.4, -0.2) is 11.8 Å². The van der Waals surface area contributed by atoms with Crippen molar-refractivity contribution in [1.82, 2.24) is 0 Å². The van der Waals surface area contributed by atoms with E-state index in [1.807, 2.05) is 54.8 Å². The first kappa shape index (κ1) is 19.0. The lowest BCUT2D eigenvalue weighted by molar-refractivity contribution is -0.117. The van der Waals surface area contributed by atoms with Crippen molar-refractivity contribution in [2.75, 3.05) is 5.32 Å². The SMILES string of the molecule is CCC(C(=O)Nc1ccc(-c2cc3ccccc3o2)c(C(N)=O)c1)c1cccs1. The molecule has 0 radical (unpaired) electrons. The number of rotatable bonds is 6. The molecule has 1 atom stereocenters. The highest BCUT2D eigenvalue weighted by Gasteiger charge is 2.21. The summed E-state index contributed by atoms with van der Waals surface area (Å²) < 4.78 is 5.88. The van der Waals surface area contributed by atoms with Gasteiger partial charge in [-0.15, -0.1) is 11.3 Å². The third kappa shape index (κ3) is 3.79. The Balaban J connectivity index is 1.65. The first-order valence-electron chi connectivity index (χ1n) is 9.34. The zero-order valence-corrected chi connectivity index (χ0v) is 16.7. The van der Waals surface area contributed by atoms with Gasteiger partial charge < -0.3 is 15.5 Å². The molecule has 0 aliphatic heterocycles. The number of fused-ring (bicyclic) bond motifs is 1. The van der Waals surface area contributed by atoms with Crippen molar-refractivity contribution in [2.24, 2.45) is 5.73 Å². The van der Waals surface area contributed by atoms with Crippen LogP contribution in [0, 0.1) is 0 Å². The Kier molecular flexibility index (Phi) is 5.18. The summed E-state index contributed by atoms with van der Waals surface area (Å²) in [6.07, 6.45) is 0.687. The van der Waals surface area contributed by atoms with Gasteiger partial charge in [0.2, 0.25) is 11.8 Å². The Morgan fingerprint density at radius 2 is 1.93 bits per heavy atom. The number of hydrogen-bond donors (Lipinski definition) is 2. The number of nitrogens with one attached hydrogen (secondary N) is 1. The van der Waals surface area contributed by atoms with E-state index in [-0.39, 0.29) is 11.8 Å². The highest BCUT2D eigenvalue weighted by molar-refractivity contribution is 7.10. The maximum Gasteiger partial charge on any atom is 0.249 e. The van der Waals surface area contributed by atoms with Crippen LogP contribution in [0.2, 0.25) is 0 Å². The second-order valence-corrected chi connectivity index (χ2v) is 7.72. The van der Waals surface area contributed by atoms with Gasteiger partial charge in [-0.3, -0.25) is 9.59 Å². The molecule has 0 saturated heterocycles. The standard InChI is InChI=1S/C23H20N2O3S/c1-2-16(21-8-5-11-29-21)23(27)25-15-9-10-17(18(13-15)22(24)26)20-12-14-6-3-4-7-19(14)28-20/h3-13,16H,2H2,1H3,(H2,24,26)(H,25,27). The van der Waals surface area contributed by atoms with E-state index in [4.69, 9.17) is 10.2 Å². The van der Waals surface area contributed by atoms with Crippen LogP contribution in [-0.2, 0) is 4.79 Å². The lowest BCUT2D eigenvalue weighted by atomic mass is 10.0. The Morgan fingerprint density at radius 1 is 1.10 bits per heavy atom. The van der Waals surface area contributed by atoms with E-state index in [1.54, 1.807) is 29.5 Å². The molecule has 0 aliphatic carbocycles. The van der Waals surface area contributed by atoms with Crippen LogP contribution in [0.15, 0.2) is 70.5 Å². The minimum atomic E-state index is -0.582. The molecule has 4 aromatic rings. The van der Waals surface area contributed by atoms with Gasteiger partial charge in [-0.25, -0.2) is 0 Å². The van der Waals surface area contributed by atoms with Crippen molar-refractivity contribution in [2.45, 2.75) is 19.3 Å². The predicted octanol–water partition coefficient (Wildman–Crippen LogP) is 5.39. The molecule has 3 N–H and O–H groups in total. The van der Waals surface area contributed by atoms with Crippen molar-refractivity contribution in [1.29, 1.82) is 0 Å². The third-order valence-electron chi connectivity index (χ3n) is 4.85. The van der Waals surface area contributed by atoms with Crippen LogP contribution in [0.5, 0.6) is 0 Å². The van der Waals surface area contributed by atoms with Crippen LogP contribution >= 0.6 is 11.3 Å². The molecule has 0 aliphatic rings. The monoisotopic (exact) mass is 404 g/mol. The summed E-state index contributed by atoms with van der Waals surface area (Å²) in [6.45, 7) is 1.98. The van der Waals surface area contributed by atoms with E-state index in [0.717, 1.165) is 15.8 Å². The van der Waals surface area contributed by atoms with E-state index in [2.05, 4.69) is 5.32 Å². The quantitative estimate of drug-likeness (QED) is 0.452. The predicted molar refractivity (Wildman–Crippen MR) is 116 cm³/mol. The van der Waals surface area contributed by atoms with Crippen LogP contribution in [0.3, 0.4) is 0 Å². The highest BCUT2D eigenvalue weighted by Crippen LogP contribution is 2.32. The van der Waals surface area contributed by atoms with Gasteiger partial charge in [-0.2, -0.15) is 0 Å². The summed E-state index contributed by atoms with van der Waals surface area (Å²) in [4.78, 5) is 25.9. The number of amides is 2. The largest absolute Gasteiger partial charge is 0.456 e. The van der Waals surface area contributed by atoms with Crippen molar-refractivity contribution < 1.29 is 14.0 Å². The average molecular weight is 404 g/mol. The molecule has 0 fully saturated rings. The van der Waals surface area contributed by atoms with E-state index in [0.29, 0.717) is 29.0 Å². The third-order valence-corrected chi connectivity index (χ3v) is 5.84. The molecule has 2 amide bonds. The van der Waals surface area contributed by atoms with E-state index >= 15 is 0 Å². The number of primary amides is 1. The number of furan rings is 1. The van der Waals surface area contributed by atoms with E-state index < -0.39 is 5.91 Å². The summed E-state index contributed by atoms with van der Waals surface area (Å²) in [7, 11) is 0. The molecule has 29 heavy (non-hydrogen) atoms. The van der Waals surface area contributed by atoms with Gasteiger partial charge in [-0.1, -0.05) is 31.2 Å². The van der Waals surface area contributed by atoms with Gasteiger partial charge in [0.15, 0.2) is 0 Å². The first-order chi connectivity index (χ1) is 14.1. The Labute approximate surface area is 172 Å².